The van der Waals surface area contributed by atoms with Crippen molar-refractivity contribution in [3.05, 3.63) is 24.9 Å². The summed E-state index contributed by atoms with van der Waals surface area (Å²) in [5, 5.41) is 7.20. The first-order chi connectivity index (χ1) is 4.31. The lowest BCUT2D eigenvalue weighted by Crippen LogP contribution is -1.77. The predicted octanol–water partition coefficient (Wildman–Crippen LogP) is 2.40. The molecule has 0 aromatic carbocycles. The Bertz CT molecular complexity index is 125. The number of azo groups is 1. The van der Waals surface area contributed by atoms with Crippen molar-refractivity contribution in [1.82, 2.24) is 0 Å². The summed E-state index contributed by atoms with van der Waals surface area (Å²) in [5.41, 5.74) is 0. The van der Waals surface area contributed by atoms with Crippen LogP contribution in [0.15, 0.2) is 35.2 Å². The highest BCUT2D eigenvalue weighted by Gasteiger charge is 1.83. The van der Waals surface area contributed by atoms with Gasteiger partial charge in [-0.2, -0.15) is 10.2 Å². The van der Waals surface area contributed by atoms with Gasteiger partial charge in [-0.3, -0.25) is 0 Å². The summed E-state index contributed by atoms with van der Waals surface area (Å²) in [5.74, 6) is 0.385. The fourth-order valence-electron chi connectivity index (χ4n) is 0.319. The Hall–Kier alpha value is -0.920. The molecule has 0 saturated carbocycles. The Morgan fingerprint density at radius 2 is 2.22 bits per heavy atom. The fourth-order valence-corrected chi connectivity index (χ4v) is 0.319. The second-order valence-corrected chi connectivity index (χ2v) is 1.75. The Kier molecular flexibility index (Phi) is 4.69. The molecular weight excluding hydrogens is 112 g/mol. The summed E-state index contributed by atoms with van der Waals surface area (Å²) in [6.07, 6.45) is 5.45. The summed E-state index contributed by atoms with van der Waals surface area (Å²) in [7, 11) is 1.64. The van der Waals surface area contributed by atoms with E-state index < -0.39 is 0 Å². The minimum absolute atomic E-state index is 0.385. The summed E-state index contributed by atoms with van der Waals surface area (Å²) in [4.78, 5) is 0. The zero-order valence-electron chi connectivity index (χ0n) is 5.91. The van der Waals surface area contributed by atoms with Gasteiger partial charge in [-0.05, 0) is 5.92 Å². The molecule has 0 heterocycles. The third-order valence-corrected chi connectivity index (χ3v) is 0.944. The summed E-state index contributed by atoms with van der Waals surface area (Å²) in [6, 6.07) is 0. The summed E-state index contributed by atoms with van der Waals surface area (Å²) >= 11 is 0. The topological polar surface area (TPSA) is 24.7 Å². The van der Waals surface area contributed by atoms with Crippen molar-refractivity contribution in [3.8, 4) is 0 Å². The molecule has 0 amide bonds. The Morgan fingerprint density at radius 3 is 2.67 bits per heavy atom. The van der Waals surface area contributed by atoms with E-state index in [4.69, 9.17) is 0 Å². The van der Waals surface area contributed by atoms with E-state index in [0.29, 0.717) is 5.92 Å². The Morgan fingerprint density at radius 1 is 1.56 bits per heavy atom. The van der Waals surface area contributed by atoms with Crippen LogP contribution < -0.4 is 0 Å². The molecule has 1 atom stereocenters. The van der Waals surface area contributed by atoms with Gasteiger partial charge in [-0.1, -0.05) is 19.1 Å². The smallest absolute Gasteiger partial charge is 0.0491 e. The number of nitrogens with zero attached hydrogens (tertiary/aromatic N) is 2. The molecule has 50 valence electrons. The van der Waals surface area contributed by atoms with E-state index in [1.54, 1.807) is 13.2 Å². The minimum Gasteiger partial charge on any atom is -0.193 e. The molecule has 0 radical (unpaired) electrons. The van der Waals surface area contributed by atoms with Crippen molar-refractivity contribution >= 4 is 0 Å². The number of rotatable bonds is 3. The van der Waals surface area contributed by atoms with Gasteiger partial charge in [0.1, 0.15) is 0 Å². The van der Waals surface area contributed by atoms with Gasteiger partial charge >= 0.3 is 0 Å². The van der Waals surface area contributed by atoms with E-state index in [-0.39, 0.29) is 0 Å². The van der Waals surface area contributed by atoms with Crippen molar-refractivity contribution < 1.29 is 0 Å². The first-order valence-corrected chi connectivity index (χ1v) is 2.89. The van der Waals surface area contributed by atoms with Gasteiger partial charge in [-0.15, -0.1) is 6.58 Å². The summed E-state index contributed by atoms with van der Waals surface area (Å²) in [6.45, 7) is 5.65. The van der Waals surface area contributed by atoms with Crippen LogP contribution in [0.1, 0.15) is 6.92 Å². The van der Waals surface area contributed by atoms with Gasteiger partial charge in [0, 0.05) is 13.2 Å². The zero-order valence-corrected chi connectivity index (χ0v) is 5.91. The van der Waals surface area contributed by atoms with Gasteiger partial charge in [0.15, 0.2) is 0 Å². The molecule has 0 aliphatic carbocycles. The average molecular weight is 124 g/mol. The third-order valence-electron chi connectivity index (χ3n) is 0.944. The predicted molar refractivity (Wildman–Crippen MR) is 39.3 cm³/mol. The molecule has 0 fully saturated rings. The van der Waals surface area contributed by atoms with Crippen molar-refractivity contribution in [2.24, 2.45) is 16.1 Å². The Labute approximate surface area is 56.0 Å². The van der Waals surface area contributed by atoms with Crippen LogP contribution in [0.5, 0.6) is 0 Å². The number of allylic oxidation sites excluding steroid dienone is 2. The van der Waals surface area contributed by atoms with Crippen LogP contribution in [-0.4, -0.2) is 7.05 Å². The maximum absolute atomic E-state index is 3.66. The van der Waals surface area contributed by atoms with E-state index in [2.05, 4.69) is 16.8 Å². The van der Waals surface area contributed by atoms with E-state index in [9.17, 15) is 0 Å². The van der Waals surface area contributed by atoms with Crippen molar-refractivity contribution in [2.75, 3.05) is 7.05 Å². The largest absolute Gasteiger partial charge is 0.193 e. The van der Waals surface area contributed by atoms with Crippen LogP contribution in [0.4, 0.5) is 0 Å². The lowest BCUT2D eigenvalue weighted by atomic mass is 10.2. The molecule has 2 heteroatoms. The van der Waals surface area contributed by atoms with Crippen LogP contribution in [0.25, 0.3) is 0 Å². The molecular formula is C7H12N2. The first kappa shape index (κ1) is 8.08. The van der Waals surface area contributed by atoms with Crippen molar-refractivity contribution in [1.29, 1.82) is 0 Å². The maximum atomic E-state index is 3.66. The normalized spacial score (nSPS) is 14.9. The van der Waals surface area contributed by atoms with E-state index in [0.717, 1.165) is 0 Å². The van der Waals surface area contributed by atoms with Crippen LogP contribution >= 0.6 is 0 Å². The molecule has 0 N–H and O–H groups in total. The first-order valence-electron chi connectivity index (χ1n) is 2.89. The molecule has 0 spiro atoms. The minimum atomic E-state index is 0.385. The maximum Gasteiger partial charge on any atom is 0.0491 e. The van der Waals surface area contributed by atoms with Gasteiger partial charge in [-0.25, -0.2) is 0 Å². The molecule has 0 saturated heterocycles. The molecule has 0 aliphatic heterocycles. The van der Waals surface area contributed by atoms with Crippen molar-refractivity contribution in [3.63, 3.8) is 0 Å². The Balaban J connectivity index is 3.55. The van der Waals surface area contributed by atoms with Crippen molar-refractivity contribution in [2.45, 2.75) is 6.92 Å². The van der Waals surface area contributed by atoms with Crippen LogP contribution in [0.3, 0.4) is 0 Å². The second kappa shape index (κ2) is 5.22. The molecule has 0 aliphatic rings. The lowest BCUT2D eigenvalue weighted by Gasteiger charge is -1.90. The zero-order chi connectivity index (χ0) is 7.11. The fraction of sp³-hybridized carbons (Fsp3) is 0.429. The highest BCUT2D eigenvalue weighted by molar-refractivity contribution is 4.92. The number of hydrogen-bond donors (Lipinski definition) is 0. The van der Waals surface area contributed by atoms with Gasteiger partial charge in [0.05, 0.1) is 0 Å². The summed E-state index contributed by atoms with van der Waals surface area (Å²) < 4.78 is 0. The molecule has 1 unspecified atom stereocenters. The van der Waals surface area contributed by atoms with E-state index in [1.807, 2.05) is 19.1 Å². The molecule has 0 aromatic rings. The molecule has 2 nitrogen and oxygen atoms in total. The second-order valence-electron chi connectivity index (χ2n) is 1.75. The van der Waals surface area contributed by atoms with Crippen LogP contribution in [-0.2, 0) is 0 Å². The SMILES string of the molecule is C=CC(C)/C=C\N=N/C. The number of hydrogen-bond acceptors (Lipinski definition) is 2. The molecule has 0 aromatic heterocycles. The lowest BCUT2D eigenvalue weighted by molar-refractivity contribution is 0.934. The standard InChI is InChI=1S/C7H12N2/c1-4-7(2)5-6-9-8-3/h4-7H,1H2,2-3H3/b6-5-,9-8-. The quantitative estimate of drug-likeness (QED) is 0.407. The van der Waals surface area contributed by atoms with Crippen LogP contribution in [0, 0.1) is 5.92 Å². The highest BCUT2D eigenvalue weighted by Crippen LogP contribution is 1.96. The average Bonchev–Trinajstić information content (AvgIpc) is 1.89. The van der Waals surface area contributed by atoms with Gasteiger partial charge < -0.3 is 0 Å². The van der Waals surface area contributed by atoms with E-state index >= 15 is 0 Å². The molecule has 0 rings (SSSR count). The van der Waals surface area contributed by atoms with Gasteiger partial charge in [0.2, 0.25) is 0 Å². The van der Waals surface area contributed by atoms with Crippen LogP contribution in [0.2, 0.25) is 0 Å². The third kappa shape index (κ3) is 4.94. The van der Waals surface area contributed by atoms with E-state index in [1.165, 1.54) is 0 Å². The monoisotopic (exact) mass is 124 g/mol. The molecule has 9 heavy (non-hydrogen) atoms. The highest BCUT2D eigenvalue weighted by atomic mass is 15.1. The molecule has 0 bridgehead atoms. The van der Waals surface area contributed by atoms with Gasteiger partial charge in [0.25, 0.3) is 0 Å².